The molecule has 0 amide bonds. The van der Waals surface area contributed by atoms with Gasteiger partial charge >= 0.3 is 0 Å². The molecule has 0 spiro atoms. The summed E-state index contributed by atoms with van der Waals surface area (Å²) in [5, 5.41) is 7.25. The highest BCUT2D eigenvalue weighted by Crippen LogP contribution is 2.14. The monoisotopic (exact) mass is 156 g/mol. The maximum atomic E-state index is 7.25. The molecule has 4 nitrogen and oxygen atoms in total. The van der Waals surface area contributed by atoms with Crippen LogP contribution in [0.2, 0.25) is 0 Å². The lowest BCUT2D eigenvalue weighted by molar-refractivity contribution is 0.233. The molecule has 4 heteroatoms. The fourth-order valence-corrected chi connectivity index (χ4v) is 1.57. The SMILES string of the molecule is CC1CC(N)CCN1C(=N)N. The van der Waals surface area contributed by atoms with E-state index < -0.39 is 0 Å². The number of nitrogens with two attached hydrogens (primary N) is 2. The third kappa shape index (κ3) is 1.83. The first-order valence-corrected chi connectivity index (χ1v) is 3.97. The van der Waals surface area contributed by atoms with Gasteiger partial charge in [0.2, 0.25) is 0 Å². The van der Waals surface area contributed by atoms with Gasteiger partial charge in [-0.15, -0.1) is 0 Å². The standard InChI is InChI=1S/C7H16N4/c1-5-4-6(8)2-3-11(5)7(9)10/h5-6H,2-4,8H2,1H3,(H3,9,10). The van der Waals surface area contributed by atoms with Crippen LogP contribution in [-0.2, 0) is 0 Å². The highest BCUT2D eigenvalue weighted by molar-refractivity contribution is 5.75. The molecule has 2 unspecified atom stereocenters. The summed E-state index contributed by atoms with van der Waals surface area (Å²) >= 11 is 0. The van der Waals surface area contributed by atoms with Crippen LogP contribution in [0.15, 0.2) is 0 Å². The van der Waals surface area contributed by atoms with Gasteiger partial charge in [0.25, 0.3) is 0 Å². The Morgan fingerprint density at radius 2 is 2.27 bits per heavy atom. The summed E-state index contributed by atoms with van der Waals surface area (Å²) in [6, 6.07) is 0.622. The maximum absolute atomic E-state index is 7.25. The number of likely N-dealkylation sites (tertiary alicyclic amines) is 1. The Balaban J connectivity index is 2.50. The van der Waals surface area contributed by atoms with Crippen LogP contribution in [0.3, 0.4) is 0 Å². The molecule has 0 aromatic rings. The Hall–Kier alpha value is -0.770. The van der Waals surface area contributed by atoms with Crippen LogP contribution in [0.1, 0.15) is 19.8 Å². The zero-order chi connectivity index (χ0) is 8.43. The Kier molecular flexibility index (Phi) is 2.34. The van der Waals surface area contributed by atoms with Crippen molar-refractivity contribution in [3.05, 3.63) is 0 Å². The first-order valence-electron chi connectivity index (χ1n) is 3.97. The van der Waals surface area contributed by atoms with E-state index in [9.17, 15) is 0 Å². The average molecular weight is 156 g/mol. The van der Waals surface area contributed by atoms with Gasteiger partial charge < -0.3 is 16.4 Å². The van der Waals surface area contributed by atoms with Crippen molar-refractivity contribution in [1.29, 1.82) is 5.41 Å². The van der Waals surface area contributed by atoms with E-state index in [1.54, 1.807) is 0 Å². The second-order valence-corrected chi connectivity index (χ2v) is 3.21. The minimum atomic E-state index is 0.171. The van der Waals surface area contributed by atoms with Gasteiger partial charge in [-0.05, 0) is 19.8 Å². The van der Waals surface area contributed by atoms with E-state index in [2.05, 4.69) is 6.92 Å². The van der Waals surface area contributed by atoms with Crippen molar-refractivity contribution < 1.29 is 0 Å². The number of piperidine rings is 1. The van der Waals surface area contributed by atoms with Crippen molar-refractivity contribution in [2.45, 2.75) is 31.8 Å². The third-order valence-electron chi connectivity index (χ3n) is 2.23. The van der Waals surface area contributed by atoms with E-state index >= 15 is 0 Å². The number of hydrogen-bond acceptors (Lipinski definition) is 2. The molecule has 11 heavy (non-hydrogen) atoms. The van der Waals surface area contributed by atoms with Crippen molar-refractivity contribution >= 4 is 5.96 Å². The lowest BCUT2D eigenvalue weighted by Crippen LogP contribution is -2.50. The molecule has 1 fully saturated rings. The Morgan fingerprint density at radius 3 is 2.73 bits per heavy atom. The molecule has 2 atom stereocenters. The lowest BCUT2D eigenvalue weighted by atomic mass is 10.00. The van der Waals surface area contributed by atoms with E-state index in [1.807, 2.05) is 4.90 Å². The Labute approximate surface area is 67.0 Å². The van der Waals surface area contributed by atoms with Crippen molar-refractivity contribution in [3.63, 3.8) is 0 Å². The summed E-state index contributed by atoms with van der Waals surface area (Å²) in [4.78, 5) is 1.89. The molecule has 1 aliphatic heterocycles. The first-order chi connectivity index (χ1) is 5.11. The largest absolute Gasteiger partial charge is 0.370 e. The summed E-state index contributed by atoms with van der Waals surface area (Å²) < 4.78 is 0. The predicted molar refractivity (Wildman–Crippen MR) is 45.3 cm³/mol. The van der Waals surface area contributed by atoms with E-state index in [0.717, 1.165) is 19.4 Å². The summed E-state index contributed by atoms with van der Waals surface area (Å²) in [6.07, 6.45) is 1.89. The molecule has 1 rings (SSSR count). The molecule has 5 N–H and O–H groups in total. The second kappa shape index (κ2) is 3.09. The zero-order valence-corrected chi connectivity index (χ0v) is 6.88. The molecule has 1 saturated heterocycles. The molecule has 64 valence electrons. The molecular weight excluding hydrogens is 140 g/mol. The quantitative estimate of drug-likeness (QED) is 0.332. The topological polar surface area (TPSA) is 79.1 Å². The van der Waals surface area contributed by atoms with Gasteiger partial charge in [0.15, 0.2) is 5.96 Å². The molecule has 0 aromatic carbocycles. The number of guanidine groups is 1. The van der Waals surface area contributed by atoms with E-state index in [-0.39, 0.29) is 5.96 Å². The molecule has 0 aromatic heterocycles. The Bertz CT molecular complexity index is 157. The van der Waals surface area contributed by atoms with Crippen LogP contribution in [0.5, 0.6) is 0 Å². The van der Waals surface area contributed by atoms with Gasteiger partial charge in [-0.25, -0.2) is 0 Å². The second-order valence-electron chi connectivity index (χ2n) is 3.21. The summed E-state index contributed by atoms with van der Waals surface area (Å²) in [5.41, 5.74) is 11.1. The van der Waals surface area contributed by atoms with Gasteiger partial charge in [0.1, 0.15) is 0 Å². The van der Waals surface area contributed by atoms with Gasteiger partial charge in [-0.3, -0.25) is 5.41 Å². The van der Waals surface area contributed by atoms with Gasteiger partial charge in [-0.2, -0.15) is 0 Å². The number of rotatable bonds is 0. The third-order valence-corrected chi connectivity index (χ3v) is 2.23. The average Bonchev–Trinajstić information content (AvgIpc) is 1.85. The van der Waals surface area contributed by atoms with Crippen molar-refractivity contribution in [2.75, 3.05) is 6.54 Å². The molecule has 1 heterocycles. The summed E-state index contributed by atoms with van der Waals surface area (Å²) in [6.45, 7) is 2.89. The van der Waals surface area contributed by atoms with E-state index in [4.69, 9.17) is 16.9 Å². The maximum Gasteiger partial charge on any atom is 0.188 e. The van der Waals surface area contributed by atoms with Gasteiger partial charge in [0.05, 0.1) is 0 Å². The summed E-state index contributed by atoms with van der Waals surface area (Å²) in [7, 11) is 0. The zero-order valence-electron chi connectivity index (χ0n) is 6.88. The van der Waals surface area contributed by atoms with E-state index in [0.29, 0.717) is 12.1 Å². The van der Waals surface area contributed by atoms with Crippen LogP contribution < -0.4 is 11.5 Å². The van der Waals surface area contributed by atoms with Crippen molar-refractivity contribution in [2.24, 2.45) is 11.5 Å². The van der Waals surface area contributed by atoms with Gasteiger partial charge in [-0.1, -0.05) is 0 Å². The van der Waals surface area contributed by atoms with Crippen molar-refractivity contribution in [1.82, 2.24) is 4.90 Å². The number of hydrogen-bond donors (Lipinski definition) is 3. The first kappa shape index (κ1) is 8.33. The minimum Gasteiger partial charge on any atom is -0.370 e. The lowest BCUT2D eigenvalue weighted by Gasteiger charge is -2.36. The molecule has 0 bridgehead atoms. The normalized spacial score (nSPS) is 32.0. The smallest absolute Gasteiger partial charge is 0.188 e. The number of nitrogens with one attached hydrogen (secondary N) is 1. The minimum absolute atomic E-state index is 0.171. The van der Waals surface area contributed by atoms with Crippen LogP contribution in [-0.4, -0.2) is 29.5 Å². The van der Waals surface area contributed by atoms with Crippen LogP contribution in [0, 0.1) is 5.41 Å². The highest BCUT2D eigenvalue weighted by Gasteiger charge is 2.23. The van der Waals surface area contributed by atoms with Gasteiger partial charge in [0, 0.05) is 18.6 Å². The fourth-order valence-electron chi connectivity index (χ4n) is 1.57. The van der Waals surface area contributed by atoms with Crippen molar-refractivity contribution in [3.8, 4) is 0 Å². The van der Waals surface area contributed by atoms with E-state index in [1.165, 1.54) is 0 Å². The highest BCUT2D eigenvalue weighted by atomic mass is 15.3. The predicted octanol–water partition coefficient (Wildman–Crippen LogP) is -0.309. The Morgan fingerprint density at radius 1 is 1.64 bits per heavy atom. The molecule has 0 saturated carbocycles. The van der Waals surface area contributed by atoms with Crippen LogP contribution >= 0.6 is 0 Å². The molecule has 0 aliphatic carbocycles. The van der Waals surface area contributed by atoms with Crippen LogP contribution in [0.25, 0.3) is 0 Å². The summed E-state index contributed by atoms with van der Waals surface area (Å²) in [5.74, 6) is 0.171. The molecule has 0 radical (unpaired) electrons. The van der Waals surface area contributed by atoms with Crippen LogP contribution in [0.4, 0.5) is 0 Å². The number of nitrogens with zero attached hydrogens (tertiary/aromatic N) is 1. The molecule has 1 aliphatic rings. The fraction of sp³-hybridized carbons (Fsp3) is 0.857. The molecular formula is C7H16N4.